The molecule has 0 heterocycles. The van der Waals surface area contributed by atoms with Crippen LogP contribution in [0.15, 0.2) is 47.4 Å². The molecule has 3 N–H and O–H groups in total. The quantitative estimate of drug-likeness (QED) is 0.432. The first-order valence-corrected chi connectivity index (χ1v) is 8.40. The fourth-order valence-corrected chi connectivity index (χ4v) is 2.74. The summed E-state index contributed by atoms with van der Waals surface area (Å²) in [7, 11) is -5.24. The van der Waals surface area contributed by atoms with E-state index in [9.17, 15) is 39.3 Å². The number of halogens is 6. The van der Waals surface area contributed by atoms with Gasteiger partial charge in [0.1, 0.15) is 16.4 Å². The lowest BCUT2D eigenvalue weighted by molar-refractivity contribution is -0.274. The lowest BCUT2D eigenvalue weighted by atomic mass is 9.95. The molecular weight excluding hydrogens is 404 g/mol. The predicted octanol–water partition coefficient (Wildman–Crippen LogP) is 4.30. The Labute approximate surface area is 149 Å². The van der Waals surface area contributed by atoms with Crippen LogP contribution in [0.2, 0.25) is 0 Å². The fraction of sp³-hybridized carbons (Fsp3) is 0.200. The van der Waals surface area contributed by atoms with Crippen LogP contribution in [0.3, 0.4) is 0 Å². The van der Waals surface area contributed by atoms with Crippen molar-refractivity contribution in [1.29, 1.82) is 0 Å². The second-order valence-corrected chi connectivity index (χ2v) is 6.71. The SMILES string of the molecule is Nc1ccc(Oc2ccc(C(F)(C(F)F)C(F)(F)F)cc2S(=O)(=O)O)cc1. The number of ether oxygens (including phenoxy) is 1. The third kappa shape index (κ3) is 4.11. The van der Waals surface area contributed by atoms with Crippen LogP contribution in [-0.2, 0) is 15.8 Å². The van der Waals surface area contributed by atoms with E-state index < -0.39 is 44.6 Å². The summed E-state index contributed by atoms with van der Waals surface area (Å²) in [4.78, 5) is -1.32. The highest BCUT2D eigenvalue weighted by Gasteiger charge is 2.64. The molecule has 0 fully saturated rings. The smallest absolute Gasteiger partial charge is 0.432 e. The second-order valence-electron chi connectivity index (χ2n) is 5.32. The second kappa shape index (κ2) is 6.93. The summed E-state index contributed by atoms with van der Waals surface area (Å²) >= 11 is 0. The first kappa shape index (κ1) is 20.8. The topological polar surface area (TPSA) is 89.6 Å². The van der Waals surface area contributed by atoms with Crippen LogP contribution in [0.4, 0.5) is 32.0 Å². The first-order valence-electron chi connectivity index (χ1n) is 6.96. The van der Waals surface area contributed by atoms with Crippen molar-refractivity contribution >= 4 is 15.8 Å². The number of hydrogen-bond donors (Lipinski definition) is 2. The molecular formula is C15H11F6NO4S. The van der Waals surface area contributed by atoms with Crippen LogP contribution in [-0.4, -0.2) is 25.6 Å². The van der Waals surface area contributed by atoms with Gasteiger partial charge in [0.15, 0.2) is 0 Å². The predicted molar refractivity (Wildman–Crippen MR) is 82.0 cm³/mol. The van der Waals surface area contributed by atoms with Crippen molar-refractivity contribution in [3.05, 3.63) is 48.0 Å². The molecule has 0 saturated carbocycles. The van der Waals surface area contributed by atoms with Gasteiger partial charge in [-0.3, -0.25) is 4.55 Å². The number of nitrogens with two attached hydrogens (primary N) is 1. The minimum absolute atomic E-state index is 0.0296. The van der Waals surface area contributed by atoms with Crippen LogP contribution in [0.25, 0.3) is 0 Å². The molecule has 0 aliphatic rings. The standard InChI is InChI=1S/C15H11F6NO4S/c16-13(17)14(18,15(19,20)21)8-1-6-11(12(7-8)27(23,24)25)26-10-4-2-9(22)3-5-10/h1-7,13H,22H2,(H,23,24,25). The zero-order valence-electron chi connectivity index (χ0n) is 13.0. The van der Waals surface area contributed by atoms with Gasteiger partial charge < -0.3 is 10.5 Å². The van der Waals surface area contributed by atoms with Crippen LogP contribution >= 0.6 is 0 Å². The van der Waals surface area contributed by atoms with E-state index in [0.717, 1.165) is 0 Å². The summed E-state index contributed by atoms with van der Waals surface area (Å²) in [5.41, 5.74) is -1.09. The van der Waals surface area contributed by atoms with Crippen LogP contribution in [0.5, 0.6) is 11.5 Å². The number of anilines is 1. The Balaban J connectivity index is 2.61. The van der Waals surface area contributed by atoms with Gasteiger partial charge in [0, 0.05) is 11.3 Å². The molecule has 12 heteroatoms. The molecule has 0 bridgehead atoms. The van der Waals surface area contributed by atoms with Gasteiger partial charge in [0.05, 0.1) is 0 Å². The van der Waals surface area contributed by atoms with E-state index in [1.165, 1.54) is 24.3 Å². The molecule has 5 nitrogen and oxygen atoms in total. The van der Waals surface area contributed by atoms with Gasteiger partial charge in [0.2, 0.25) is 0 Å². The van der Waals surface area contributed by atoms with Crippen molar-refractivity contribution in [3.8, 4) is 11.5 Å². The van der Waals surface area contributed by atoms with Crippen molar-refractivity contribution in [3.63, 3.8) is 0 Å². The fourth-order valence-electron chi connectivity index (χ4n) is 2.10. The summed E-state index contributed by atoms with van der Waals surface area (Å²) in [5, 5.41) is 0. The molecule has 148 valence electrons. The van der Waals surface area contributed by atoms with Crippen LogP contribution in [0.1, 0.15) is 5.56 Å². The average Bonchev–Trinajstić information content (AvgIpc) is 2.54. The maximum Gasteiger partial charge on any atom is 0.432 e. The molecule has 0 amide bonds. The van der Waals surface area contributed by atoms with Gasteiger partial charge in [0.25, 0.3) is 22.2 Å². The largest absolute Gasteiger partial charge is 0.456 e. The van der Waals surface area contributed by atoms with E-state index in [4.69, 9.17) is 10.5 Å². The first-order chi connectivity index (χ1) is 12.3. The van der Waals surface area contributed by atoms with Crippen molar-refractivity contribution in [2.24, 2.45) is 0 Å². The van der Waals surface area contributed by atoms with Gasteiger partial charge in [-0.15, -0.1) is 0 Å². The van der Waals surface area contributed by atoms with E-state index in [1.807, 2.05) is 0 Å². The summed E-state index contributed by atoms with van der Waals surface area (Å²) in [5.74, 6) is -0.733. The minimum atomic E-state index is -6.04. The summed E-state index contributed by atoms with van der Waals surface area (Å²) in [6.07, 6.45) is -10.6. The Morgan fingerprint density at radius 3 is 2.00 bits per heavy atom. The molecule has 1 unspecified atom stereocenters. The van der Waals surface area contributed by atoms with Crippen LogP contribution < -0.4 is 10.5 Å². The summed E-state index contributed by atoms with van der Waals surface area (Å²) in [6.45, 7) is 0. The molecule has 0 radical (unpaired) electrons. The number of nitrogen functional groups attached to an aromatic ring is 1. The Morgan fingerprint density at radius 2 is 1.56 bits per heavy atom. The maximum absolute atomic E-state index is 14.1. The molecule has 27 heavy (non-hydrogen) atoms. The molecule has 2 aromatic carbocycles. The van der Waals surface area contributed by atoms with E-state index >= 15 is 0 Å². The van der Waals surface area contributed by atoms with Crippen molar-refractivity contribution in [2.45, 2.75) is 23.2 Å². The van der Waals surface area contributed by atoms with Gasteiger partial charge in [-0.2, -0.15) is 21.6 Å². The zero-order valence-corrected chi connectivity index (χ0v) is 13.9. The Kier molecular flexibility index (Phi) is 5.34. The normalized spacial score (nSPS) is 14.8. The van der Waals surface area contributed by atoms with Crippen molar-refractivity contribution in [2.75, 3.05) is 5.73 Å². The Bertz CT molecular complexity index is 930. The average molecular weight is 415 g/mol. The molecule has 0 spiro atoms. The highest BCUT2D eigenvalue weighted by atomic mass is 32.2. The molecule has 0 saturated heterocycles. The summed E-state index contributed by atoms with van der Waals surface area (Å²) in [6, 6.07) is 6.00. The minimum Gasteiger partial charge on any atom is -0.456 e. The van der Waals surface area contributed by atoms with Gasteiger partial charge in [-0.1, -0.05) is 6.07 Å². The molecule has 2 rings (SSSR count). The highest BCUT2D eigenvalue weighted by molar-refractivity contribution is 7.86. The molecule has 0 aliphatic carbocycles. The molecule has 1 atom stereocenters. The van der Waals surface area contributed by atoms with Gasteiger partial charge in [-0.05, 0) is 36.4 Å². The van der Waals surface area contributed by atoms with E-state index in [2.05, 4.69) is 0 Å². The third-order valence-corrected chi connectivity index (χ3v) is 4.34. The van der Waals surface area contributed by atoms with Gasteiger partial charge >= 0.3 is 6.18 Å². The maximum atomic E-state index is 14.1. The lowest BCUT2D eigenvalue weighted by Crippen LogP contribution is -2.44. The van der Waals surface area contributed by atoms with E-state index in [-0.39, 0.29) is 11.8 Å². The lowest BCUT2D eigenvalue weighted by Gasteiger charge is -2.28. The highest BCUT2D eigenvalue weighted by Crippen LogP contribution is 2.48. The molecule has 0 aromatic heterocycles. The van der Waals surface area contributed by atoms with E-state index in [1.54, 1.807) is 0 Å². The number of alkyl halides is 6. The van der Waals surface area contributed by atoms with Crippen LogP contribution in [0, 0.1) is 0 Å². The van der Waals surface area contributed by atoms with Gasteiger partial charge in [-0.25, -0.2) is 13.2 Å². The number of rotatable bonds is 5. The zero-order chi connectivity index (χ0) is 20.6. The monoisotopic (exact) mass is 415 g/mol. The molecule has 0 aliphatic heterocycles. The Hall–Kier alpha value is -2.47. The van der Waals surface area contributed by atoms with E-state index in [0.29, 0.717) is 17.8 Å². The Morgan fingerprint density at radius 1 is 1.00 bits per heavy atom. The van der Waals surface area contributed by atoms with Crippen molar-refractivity contribution < 1.29 is 44.0 Å². The molecule has 2 aromatic rings. The third-order valence-electron chi connectivity index (χ3n) is 3.46. The van der Waals surface area contributed by atoms with Crippen molar-refractivity contribution in [1.82, 2.24) is 0 Å². The number of benzene rings is 2. The number of hydrogen-bond acceptors (Lipinski definition) is 4. The summed E-state index contributed by atoms with van der Waals surface area (Å²) < 4.78 is 116.